The number of aliphatic hydroxyl groups is 1. The Balaban J connectivity index is 1.59. The van der Waals surface area contributed by atoms with E-state index in [2.05, 4.69) is 54.5 Å². The number of aliphatic hydroxyl groups excluding tert-OH is 1. The van der Waals surface area contributed by atoms with E-state index in [1.807, 2.05) is 0 Å². The Morgan fingerprint density at radius 2 is 1.42 bits per heavy atom. The standard InChI is InChI=1S/C30H48O3/c1-25(2)16-17-30(24(32)33)15-10-21-28(6)12-8-19-26(3,4)23(31)11-14-27(19,5)20(28)9-13-29(21,7)22(30)18-25/h10,19-20,22-23,31H,8-9,11-18H2,1-7H3,(H,32,33)/t19?,20?,22-,23-,27-,28+,29+,30+/m0/s1. The van der Waals surface area contributed by atoms with Gasteiger partial charge in [-0.2, -0.15) is 0 Å². The molecule has 5 aliphatic carbocycles. The average molecular weight is 457 g/mol. The van der Waals surface area contributed by atoms with Gasteiger partial charge in [-0.1, -0.05) is 60.1 Å². The number of hydrogen-bond acceptors (Lipinski definition) is 2. The first kappa shape index (κ1) is 23.9. The van der Waals surface area contributed by atoms with Gasteiger partial charge in [-0.3, -0.25) is 4.79 Å². The van der Waals surface area contributed by atoms with Gasteiger partial charge in [0, 0.05) is 0 Å². The van der Waals surface area contributed by atoms with Gasteiger partial charge in [0.1, 0.15) is 0 Å². The molecule has 2 unspecified atom stereocenters. The molecule has 5 aliphatic rings. The third kappa shape index (κ3) is 2.93. The van der Waals surface area contributed by atoms with Crippen molar-refractivity contribution in [1.29, 1.82) is 0 Å². The van der Waals surface area contributed by atoms with E-state index in [4.69, 9.17) is 0 Å². The molecule has 2 N–H and O–H groups in total. The zero-order chi connectivity index (χ0) is 24.2. The molecule has 0 amide bonds. The van der Waals surface area contributed by atoms with Crippen molar-refractivity contribution in [3.63, 3.8) is 0 Å². The van der Waals surface area contributed by atoms with Crippen LogP contribution in [-0.4, -0.2) is 22.3 Å². The Kier molecular flexibility index (Phi) is 4.99. The fourth-order valence-corrected chi connectivity index (χ4v) is 10.9. The van der Waals surface area contributed by atoms with Gasteiger partial charge in [0.25, 0.3) is 0 Å². The summed E-state index contributed by atoms with van der Waals surface area (Å²) in [5.74, 6) is 0.875. The van der Waals surface area contributed by atoms with Crippen LogP contribution in [0, 0.1) is 50.2 Å². The van der Waals surface area contributed by atoms with E-state index in [-0.39, 0.29) is 39.1 Å². The number of carboxylic acid groups (broad SMARTS) is 1. The number of hydrogen-bond donors (Lipinski definition) is 2. The highest BCUT2D eigenvalue weighted by Crippen LogP contribution is 2.75. The van der Waals surface area contributed by atoms with Crippen molar-refractivity contribution >= 4 is 5.97 Å². The minimum absolute atomic E-state index is 0.00747. The smallest absolute Gasteiger partial charge is 0.310 e. The van der Waals surface area contributed by atoms with Crippen LogP contribution in [-0.2, 0) is 4.79 Å². The second-order valence-electron chi connectivity index (χ2n) is 15.1. The summed E-state index contributed by atoms with van der Waals surface area (Å²) >= 11 is 0. The first-order valence-electron chi connectivity index (χ1n) is 13.8. The molecule has 0 radical (unpaired) electrons. The van der Waals surface area contributed by atoms with E-state index in [9.17, 15) is 15.0 Å². The van der Waals surface area contributed by atoms with Crippen LogP contribution in [0.15, 0.2) is 11.6 Å². The summed E-state index contributed by atoms with van der Waals surface area (Å²) in [5, 5.41) is 21.4. The second-order valence-corrected chi connectivity index (χ2v) is 15.1. The van der Waals surface area contributed by atoms with Crippen LogP contribution < -0.4 is 0 Å². The van der Waals surface area contributed by atoms with Gasteiger partial charge < -0.3 is 10.2 Å². The van der Waals surface area contributed by atoms with Crippen molar-refractivity contribution in [2.45, 2.75) is 119 Å². The summed E-state index contributed by atoms with van der Waals surface area (Å²) in [6, 6.07) is 0. The van der Waals surface area contributed by atoms with Gasteiger partial charge in [0.05, 0.1) is 11.5 Å². The van der Waals surface area contributed by atoms with E-state index >= 15 is 0 Å². The molecule has 0 bridgehead atoms. The topological polar surface area (TPSA) is 57.5 Å². The Hall–Kier alpha value is -0.830. The fourth-order valence-electron chi connectivity index (χ4n) is 10.9. The quantitative estimate of drug-likeness (QED) is 0.409. The lowest BCUT2D eigenvalue weighted by molar-refractivity contribution is -0.189. The number of carbonyl (C=O) groups is 1. The van der Waals surface area contributed by atoms with Crippen molar-refractivity contribution in [2.75, 3.05) is 0 Å². The minimum Gasteiger partial charge on any atom is -0.481 e. The molecule has 186 valence electrons. The molecule has 0 aliphatic heterocycles. The lowest BCUT2D eigenvalue weighted by atomic mass is 9.34. The van der Waals surface area contributed by atoms with Crippen LogP contribution in [0.2, 0.25) is 0 Å². The molecule has 4 fully saturated rings. The predicted molar refractivity (Wildman–Crippen MR) is 133 cm³/mol. The van der Waals surface area contributed by atoms with Crippen molar-refractivity contribution in [1.82, 2.24) is 0 Å². The van der Waals surface area contributed by atoms with E-state index in [0.29, 0.717) is 11.8 Å². The molecule has 0 aromatic rings. The molecule has 3 heteroatoms. The van der Waals surface area contributed by atoms with Crippen molar-refractivity contribution in [2.24, 2.45) is 50.2 Å². The highest BCUT2D eigenvalue weighted by Gasteiger charge is 2.68. The SMILES string of the molecule is CC1(C)CC[C@]2(C(=O)O)CC=C3[C@]4(C)CCC5C(C)(C)[C@@H](O)CC[C@]5(C)C4CC[C@@]3(C)[C@@H]2C1. The minimum atomic E-state index is -0.574. The fraction of sp³-hybridized carbons (Fsp3) is 0.900. The highest BCUT2D eigenvalue weighted by molar-refractivity contribution is 5.76. The number of rotatable bonds is 1. The van der Waals surface area contributed by atoms with Gasteiger partial charge in [-0.15, -0.1) is 0 Å². The molecule has 4 saturated carbocycles. The lowest BCUT2D eigenvalue weighted by Gasteiger charge is -2.70. The van der Waals surface area contributed by atoms with Crippen LogP contribution in [0.1, 0.15) is 113 Å². The zero-order valence-corrected chi connectivity index (χ0v) is 22.3. The van der Waals surface area contributed by atoms with E-state index in [1.54, 1.807) is 5.57 Å². The summed E-state index contributed by atoms with van der Waals surface area (Å²) in [4.78, 5) is 12.8. The molecule has 3 nitrogen and oxygen atoms in total. The van der Waals surface area contributed by atoms with Crippen molar-refractivity contribution in [3.05, 3.63) is 11.6 Å². The van der Waals surface area contributed by atoms with Gasteiger partial charge in [0.15, 0.2) is 0 Å². The van der Waals surface area contributed by atoms with Crippen LogP contribution in [0.4, 0.5) is 0 Å². The van der Waals surface area contributed by atoms with Gasteiger partial charge in [0.2, 0.25) is 0 Å². The molecule has 0 aromatic carbocycles. The van der Waals surface area contributed by atoms with E-state index in [1.165, 1.54) is 19.3 Å². The highest BCUT2D eigenvalue weighted by atomic mass is 16.4. The Labute approximate surface area is 201 Å². The molecule has 0 heterocycles. The number of allylic oxidation sites excluding steroid dienone is 2. The second kappa shape index (κ2) is 6.89. The van der Waals surface area contributed by atoms with Crippen molar-refractivity contribution in [3.8, 4) is 0 Å². The normalized spacial score (nSPS) is 52.4. The maximum atomic E-state index is 12.8. The van der Waals surface area contributed by atoms with Crippen LogP contribution in [0.25, 0.3) is 0 Å². The molecule has 8 atom stereocenters. The molecular formula is C30H48O3. The first-order valence-corrected chi connectivity index (χ1v) is 13.8. The molecule has 5 rings (SSSR count). The summed E-state index contributed by atoms with van der Waals surface area (Å²) in [6.07, 6.45) is 12.6. The molecule has 33 heavy (non-hydrogen) atoms. The number of aliphatic carboxylic acids is 1. The summed E-state index contributed by atoms with van der Waals surface area (Å²) in [7, 11) is 0. The third-order valence-electron chi connectivity index (χ3n) is 12.7. The lowest BCUT2D eigenvalue weighted by Crippen LogP contribution is -2.64. The maximum absolute atomic E-state index is 12.8. The largest absolute Gasteiger partial charge is 0.481 e. The summed E-state index contributed by atoms with van der Waals surface area (Å²) in [5.41, 5.74) is 1.64. The van der Waals surface area contributed by atoms with E-state index < -0.39 is 11.4 Å². The van der Waals surface area contributed by atoms with Gasteiger partial charge in [-0.05, 0) is 109 Å². The molecule has 0 saturated heterocycles. The zero-order valence-electron chi connectivity index (χ0n) is 22.3. The average Bonchev–Trinajstić information content (AvgIpc) is 2.70. The number of fused-ring (bicyclic) bond motifs is 7. The summed E-state index contributed by atoms with van der Waals surface area (Å²) < 4.78 is 0. The van der Waals surface area contributed by atoms with Gasteiger partial charge in [-0.25, -0.2) is 0 Å². The predicted octanol–water partition coefficient (Wildman–Crippen LogP) is 7.23. The Bertz CT molecular complexity index is 885. The van der Waals surface area contributed by atoms with Crippen LogP contribution in [0.3, 0.4) is 0 Å². The molecule has 0 spiro atoms. The van der Waals surface area contributed by atoms with Crippen LogP contribution in [0.5, 0.6) is 0 Å². The van der Waals surface area contributed by atoms with Gasteiger partial charge >= 0.3 is 5.97 Å². The molecule has 0 aromatic heterocycles. The van der Waals surface area contributed by atoms with Crippen LogP contribution >= 0.6 is 0 Å². The first-order chi connectivity index (χ1) is 15.1. The monoisotopic (exact) mass is 456 g/mol. The summed E-state index contributed by atoms with van der Waals surface area (Å²) in [6.45, 7) is 16.9. The number of carboxylic acids is 1. The third-order valence-corrected chi connectivity index (χ3v) is 12.7. The van der Waals surface area contributed by atoms with E-state index in [0.717, 1.165) is 44.9 Å². The Morgan fingerprint density at radius 3 is 2.06 bits per heavy atom. The van der Waals surface area contributed by atoms with Crippen molar-refractivity contribution < 1.29 is 15.0 Å². The maximum Gasteiger partial charge on any atom is 0.310 e. The Morgan fingerprint density at radius 1 is 0.818 bits per heavy atom. The molecular weight excluding hydrogens is 408 g/mol.